The van der Waals surface area contributed by atoms with Gasteiger partial charge < -0.3 is 9.64 Å². The lowest BCUT2D eigenvalue weighted by Crippen LogP contribution is -2.51. The van der Waals surface area contributed by atoms with E-state index in [1.807, 2.05) is 0 Å². The van der Waals surface area contributed by atoms with Gasteiger partial charge in [-0.25, -0.2) is 4.98 Å². The maximum Gasteiger partial charge on any atom is 0.416 e. The Labute approximate surface area is 129 Å². The Kier molecular flexibility index (Phi) is 4.03. The van der Waals surface area contributed by atoms with Crippen molar-refractivity contribution in [3.63, 3.8) is 0 Å². The summed E-state index contributed by atoms with van der Waals surface area (Å²) in [5.41, 5.74) is 0.761. The van der Waals surface area contributed by atoms with Crippen molar-refractivity contribution in [3.05, 3.63) is 36.2 Å². The number of carbonyl (C=O) groups is 1. The van der Waals surface area contributed by atoms with E-state index in [0.717, 1.165) is 4.90 Å². The van der Waals surface area contributed by atoms with Crippen LogP contribution in [0.3, 0.4) is 0 Å². The molecule has 1 aliphatic rings. The molecule has 2 aromatic rings. The Bertz CT molecular complexity index is 688. The van der Waals surface area contributed by atoms with E-state index in [1.54, 1.807) is 24.3 Å². The molecule has 1 aromatic heterocycles. The molecule has 0 spiro atoms. The fourth-order valence-electron chi connectivity index (χ4n) is 2.41. The summed E-state index contributed by atoms with van der Waals surface area (Å²) in [7, 11) is 0. The molecule has 9 heteroatoms. The van der Waals surface area contributed by atoms with Gasteiger partial charge in [-0.3, -0.25) is 9.89 Å². The summed E-state index contributed by atoms with van der Waals surface area (Å²) in [6, 6.07) is 6.58. The number of hydrogen-bond acceptors (Lipinski definition) is 4. The van der Waals surface area contributed by atoms with Gasteiger partial charge in [0.05, 0.1) is 18.7 Å². The molecule has 6 nitrogen and oxygen atoms in total. The minimum Gasteiger partial charge on any atom is -0.365 e. The molecule has 1 atom stereocenters. The summed E-state index contributed by atoms with van der Waals surface area (Å²) >= 11 is 0. The molecule has 1 aliphatic heterocycles. The molecule has 1 saturated heterocycles. The van der Waals surface area contributed by atoms with Crippen molar-refractivity contribution in [1.82, 2.24) is 20.1 Å². The third-order valence-corrected chi connectivity index (χ3v) is 3.55. The molecule has 1 fully saturated rings. The number of nitrogens with one attached hydrogen (secondary N) is 1. The molecule has 0 aliphatic carbocycles. The topological polar surface area (TPSA) is 71.1 Å². The predicted molar refractivity (Wildman–Crippen MR) is 73.5 cm³/mol. The van der Waals surface area contributed by atoms with Crippen molar-refractivity contribution in [2.24, 2.45) is 0 Å². The van der Waals surface area contributed by atoms with Crippen molar-refractivity contribution in [3.8, 4) is 11.4 Å². The Hall–Kier alpha value is -2.42. The lowest BCUT2D eigenvalue weighted by atomic mass is 10.1. The Morgan fingerprint density at radius 2 is 2.13 bits per heavy atom. The van der Waals surface area contributed by atoms with E-state index in [1.165, 1.54) is 6.33 Å². The maximum absolute atomic E-state index is 12.8. The highest BCUT2D eigenvalue weighted by molar-refractivity contribution is 6.00. The number of halogens is 3. The smallest absolute Gasteiger partial charge is 0.365 e. The maximum atomic E-state index is 12.8. The first-order valence-electron chi connectivity index (χ1n) is 6.89. The molecular weight excluding hydrogens is 313 g/mol. The van der Waals surface area contributed by atoms with E-state index >= 15 is 0 Å². The monoisotopic (exact) mass is 326 g/mol. The van der Waals surface area contributed by atoms with E-state index in [4.69, 9.17) is 4.74 Å². The van der Waals surface area contributed by atoms with Crippen LogP contribution in [0.5, 0.6) is 0 Å². The van der Waals surface area contributed by atoms with E-state index < -0.39 is 24.7 Å². The number of ether oxygens (including phenoxy) is 1. The molecule has 0 bridgehead atoms. The summed E-state index contributed by atoms with van der Waals surface area (Å²) in [4.78, 5) is 17.8. The summed E-state index contributed by atoms with van der Waals surface area (Å²) in [6.45, 7) is -0.566. The zero-order valence-corrected chi connectivity index (χ0v) is 11.9. The zero-order valence-electron chi connectivity index (χ0n) is 11.9. The average Bonchev–Trinajstić information content (AvgIpc) is 3.08. The van der Waals surface area contributed by atoms with E-state index in [-0.39, 0.29) is 18.7 Å². The van der Waals surface area contributed by atoms with Crippen LogP contribution in [0.2, 0.25) is 0 Å². The van der Waals surface area contributed by atoms with Crippen LogP contribution in [0.4, 0.5) is 13.2 Å². The minimum atomic E-state index is -4.50. The summed E-state index contributed by atoms with van der Waals surface area (Å²) in [5, 5.41) is 6.37. The number of amides is 1. The van der Waals surface area contributed by atoms with Gasteiger partial charge in [-0.15, -0.1) is 0 Å². The molecule has 1 N–H and O–H groups in total. The van der Waals surface area contributed by atoms with Crippen LogP contribution in [0.15, 0.2) is 30.6 Å². The summed E-state index contributed by atoms with van der Waals surface area (Å²) in [6.07, 6.45) is -5.16. The van der Waals surface area contributed by atoms with Gasteiger partial charge in [0.15, 0.2) is 11.9 Å². The molecule has 23 heavy (non-hydrogen) atoms. The number of aromatic nitrogens is 3. The van der Waals surface area contributed by atoms with Gasteiger partial charge in [0.1, 0.15) is 6.33 Å². The molecular formula is C14H13F3N4O2. The van der Waals surface area contributed by atoms with Crippen molar-refractivity contribution in [1.29, 1.82) is 0 Å². The molecule has 1 amide bonds. The van der Waals surface area contributed by atoms with Gasteiger partial charge in [-0.05, 0) is 6.07 Å². The number of aromatic amines is 1. The molecule has 0 saturated carbocycles. The highest BCUT2D eigenvalue weighted by atomic mass is 19.4. The second kappa shape index (κ2) is 5.99. The van der Waals surface area contributed by atoms with Crippen LogP contribution in [0, 0.1) is 0 Å². The lowest BCUT2D eigenvalue weighted by molar-refractivity contribution is -0.233. The van der Waals surface area contributed by atoms with Crippen molar-refractivity contribution < 1.29 is 22.7 Å². The van der Waals surface area contributed by atoms with Gasteiger partial charge >= 0.3 is 6.18 Å². The molecule has 1 aromatic carbocycles. The first-order chi connectivity index (χ1) is 11.0. The van der Waals surface area contributed by atoms with Crippen LogP contribution in [-0.2, 0) is 4.74 Å². The molecule has 122 valence electrons. The normalized spacial score (nSPS) is 18.9. The summed E-state index contributed by atoms with van der Waals surface area (Å²) < 4.78 is 43.1. The van der Waals surface area contributed by atoms with E-state index in [0.29, 0.717) is 11.4 Å². The number of benzene rings is 1. The Morgan fingerprint density at radius 3 is 2.83 bits per heavy atom. The Morgan fingerprint density at radius 1 is 1.35 bits per heavy atom. The summed E-state index contributed by atoms with van der Waals surface area (Å²) in [5.74, 6) is -0.107. The van der Waals surface area contributed by atoms with Crippen LogP contribution in [0.1, 0.15) is 10.4 Å². The first kappa shape index (κ1) is 15.5. The number of alkyl halides is 3. The van der Waals surface area contributed by atoms with Gasteiger partial charge in [0.25, 0.3) is 5.91 Å². The zero-order chi connectivity index (χ0) is 16.4. The second-order valence-electron chi connectivity index (χ2n) is 5.03. The number of morpholine rings is 1. The number of carbonyl (C=O) groups excluding carboxylic acids is 1. The highest BCUT2D eigenvalue weighted by Crippen LogP contribution is 2.27. The van der Waals surface area contributed by atoms with Gasteiger partial charge in [-0.1, -0.05) is 18.2 Å². The minimum absolute atomic E-state index is 0.107. The molecule has 0 radical (unpaired) electrons. The third-order valence-electron chi connectivity index (χ3n) is 3.55. The predicted octanol–water partition coefficient (Wildman–Crippen LogP) is 1.88. The van der Waals surface area contributed by atoms with E-state index in [9.17, 15) is 18.0 Å². The van der Waals surface area contributed by atoms with Crippen LogP contribution in [-0.4, -0.2) is 58.0 Å². The second-order valence-corrected chi connectivity index (χ2v) is 5.03. The standard InChI is InChI=1S/C14H13F3N4O2/c15-14(16,17)11-7-21(5-6-23-11)13(22)10-4-2-1-3-9(10)12-18-8-19-20-12/h1-4,8,11H,5-7H2,(H,18,19,20)/t11-/m1/s1. The third kappa shape index (κ3) is 3.19. The van der Waals surface area contributed by atoms with E-state index in [2.05, 4.69) is 15.2 Å². The number of nitrogens with zero attached hydrogens (tertiary/aromatic N) is 3. The van der Waals surface area contributed by atoms with Gasteiger partial charge in [0.2, 0.25) is 0 Å². The van der Waals surface area contributed by atoms with Crippen LogP contribution in [0.25, 0.3) is 11.4 Å². The average molecular weight is 326 g/mol. The quantitative estimate of drug-likeness (QED) is 0.915. The fourth-order valence-corrected chi connectivity index (χ4v) is 2.41. The molecule has 3 rings (SSSR count). The Balaban J connectivity index is 1.87. The lowest BCUT2D eigenvalue weighted by Gasteiger charge is -2.34. The number of rotatable bonds is 2. The fraction of sp³-hybridized carbons (Fsp3) is 0.357. The van der Waals surface area contributed by atoms with Crippen molar-refractivity contribution in [2.45, 2.75) is 12.3 Å². The molecule has 2 heterocycles. The van der Waals surface area contributed by atoms with Gasteiger partial charge in [0, 0.05) is 12.1 Å². The van der Waals surface area contributed by atoms with Crippen LogP contribution < -0.4 is 0 Å². The van der Waals surface area contributed by atoms with Crippen molar-refractivity contribution in [2.75, 3.05) is 19.7 Å². The number of H-pyrrole nitrogens is 1. The highest BCUT2D eigenvalue weighted by Gasteiger charge is 2.44. The van der Waals surface area contributed by atoms with Gasteiger partial charge in [-0.2, -0.15) is 18.3 Å². The molecule has 0 unspecified atom stereocenters. The largest absolute Gasteiger partial charge is 0.416 e. The first-order valence-corrected chi connectivity index (χ1v) is 6.89. The van der Waals surface area contributed by atoms with Crippen molar-refractivity contribution >= 4 is 5.91 Å². The van der Waals surface area contributed by atoms with Crippen LogP contribution >= 0.6 is 0 Å². The number of hydrogen-bond donors (Lipinski definition) is 1. The SMILES string of the molecule is O=C(c1ccccc1-c1ncn[nH]1)N1CCO[C@@H](C(F)(F)F)C1.